The third kappa shape index (κ3) is 4.82. The maximum absolute atomic E-state index is 13.0. The Morgan fingerprint density at radius 1 is 1.24 bits per heavy atom. The van der Waals surface area contributed by atoms with Gasteiger partial charge in [0.1, 0.15) is 6.04 Å². The molecule has 9 heteroatoms. The van der Waals surface area contributed by atoms with E-state index in [2.05, 4.69) is 10.6 Å². The zero-order valence-corrected chi connectivity index (χ0v) is 16.4. The molecule has 1 heterocycles. The fourth-order valence-corrected chi connectivity index (χ4v) is 3.25. The van der Waals surface area contributed by atoms with E-state index in [1.54, 1.807) is 24.9 Å². The predicted molar refractivity (Wildman–Crippen MR) is 105 cm³/mol. The first kappa shape index (κ1) is 21.0. The van der Waals surface area contributed by atoms with Crippen molar-refractivity contribution >= 4 is 34.8 Å². The zero-order chi connectivity index (χ0) is 21.3. The van der Waals surface area contributed by atoms with Crippen LogP contribution in [0.2, 0.25) is 5.02 Å². The number of amides is 2. The molecule has 2 N–H and O–H groups in total. The van der Waals surface area contributed by atoms with Crippen molar-refractivity contribution in [3.05, 3.63) is 58.6 Å². The van der Waals surface area contributed by atoms with Crippen LogP contribution in [0, 0.1) is 0 Å². The fourth-order valence-electron chi connectivity index (χ4n) is 3.13. The summed E-state index contributed by atoms with van der Waals surface area (Å²) >= 11 is 5.80. The Balaban J connectivity index is 1.85. The van der Waals surface area contributed by atoms with Crippen molar-refractivity contribution in [1.29, 1.82) is 0 Å². The third-order valence-corrected chi connectivity index (χ3v) is 5.12. The third-order valence-electron chi connectivity index (χ3n) is 4.87. The molecule has 154 valence electrons. The lowest BCUT2D eigenvalue weighted by Gasteiger charge is -2.33. The van der Waals surface area contributed by atoms with Crippen molar-refractivity contribution in [2.45, 2.75) is 31.6 Å². The number of fused-ring (bicyclic) bond motifs is 1. The standard InChI is InChI=1S/C20H19ClF3N3O2/c1-11-18(28)25-15-9-13(5-8-17(15)27(11)2)19(29)26-16(10-20(22,23)24)12-3-6-14(21)7-4-12/h3-9,11,16H,10H2,1-2H3,(H,25,28)(H,26,29)/t11-,16-/m0/s1. The minimum Gasteiger partial charge on any atom is -0.361 e. The Morgan fingerprint density at radius 2 is 1.90 bits per heavy atom. The van der Waals surface area contributed by atoms with Gasteiger partial charge in [-0.05, 0) is 42.8 Å². The summed E-state index contributed by atoms with van der Waals surface area (Å²) in [6.07, 6.45) is -5.69. The largest absolute Gasteiger partial charge is 0.391 e. The highest BCUT2D eigenvalue weighted by Crippen LogP contribution is 2.33. The van der Waals surface area contributed by atoms with Crippen LogP contribution in [-0.4, -0.2) is 31.1 Å². The molecule has 1 aliphatic heterocycles. The number of benzene rings is 2. The monoisotopic (exact) mass is 425 g/mol. The highest BCUT2D eigenvalue weighted by Gasteiger charge is 2.34. The molecular weight excluding hydrogens is 407 g/mol. The Bertz CT molecular complexity index is 932. The van der Waals surface area contributed by atoms with Crippen molar-refractivity contribution in [2.24, 2.45) is 0 Å². The molecule has 2 amide bonds. The minimum atomic E-state index is -4.47. The molecule has 1 aliphatic rings. The summed E-state index contributed by atoms with van der Waals surface area (Å²) in [7, 11) is 1.75. The van der Waals surface area contributed by atoms with Crippen molar-refractivity contribution in [3.63, 3.8) is 0 Å². The number of nitrogens with zero attached hydrogens (tertiary/aromatic N) is 1. The molecule has 0 fully saturated rings. The predicted octanol–water partition coefficient (Wildman–Crippen LogP) is 4.54. The molecule has 29 heavy (non-hydrogen) atoms. The van der Waals surface area contributed by atoms with Crippen LogP contribution in [0.4, 0.5) is 24.5 Å². The van der Waals surface area contributed by atoms with Crippen LogP contribution in [0.5, 0.6) is 0 Å². The van der Waals surface area contributed by atoms with Gasteiger partial charge in [-0.2, -0.15) is 13.2 Å². The number of carbonyl (C=O) groups excluding carboxylic acids is 2. The van der Waals surface area contributed by atoms with E-state index in [9.17, 15) is 22.8 Å². The van der Waals surface area contributed by atoms with Gasteiger partial charge in [0.25, 0.3) is 5.91 Å². The van der Waals surface area contributed by atoms with Gasteiger partial charge in [-0.25, -0.2) is 0 Å². The van der Waals surface area contributed by atoms with Gasteiger partial charge in [0.2, 0.25) is 5.91 Å². The lowest BCUT2D eigenvalue weighted by molar-refractivity contribution is -0.139. The summed E-state index contributed by atoms with van der Waals surface area (Å²) < 4.78 is 39.1. The smallest absolute Gasteiger partial charge is 0.361 e. The number of alkyl halides is 3. The van der Waals surface area contributed by atoms with Gasteiger partial charge in [0.15, 0.2) is 0 Å². The molecule has 0 bridgehead atoms. The zero-order valence-electron chi connectivity index (χ0n) is 15.7. The van der Waals surface area contributed by atoms with E-state index in [1.165, 1.54) is 36.4 Å². The summed E-state index contributed by atoms with van der Waals surface area (Å²) in [4.78, 5) is 26.4. The van der Waals surface area contributed by atoms with E-state index in [4.69, 9.17) is 11.6 Å². The van der Waals surface area contributed by atoms with Crippen LogP contribution in [0.25, 0.3) is 0 Å². The quantitative estimate of drug-likeness (QED) is 0.756. The molecular formula is C20H19ClF3N3O2. The van der Waals surface area contributed by atoms with Crippen LogP contribution in [0.1, 0.15) is 35.3 Å². The first-order valence-corrected chi connectivity index (χ1v) is 9.24. The molecule has 0 radical (unpaired) electrons. The normalized spacial score (nSPS) is 17.4. The van der Waals surface area contributed by atoms with Crippen molar-refractivity contribution in [2.75, 3.05) is 17.3 Å². The molecule has 2 aromatic rings. The molecule has 5 nitrogen and oxygen atoms in total. The van der Waals surface area contributed by atoms with Crippen molar-refractivity contribution in [1.82, 2.24) is 5.32 Å². The molecule has 0 spiro atoms. The molecule has 0 saturated carbocycles. The fraction of sp³-hybridized carbons (Fsp3) is 0.300. The first-order chi connectivity index (χ1) is 13.5. The highest BCUT2D eigenvalue weighted by molar-refractivity contribution is 6.30. The molecule has 0 unspecified atom stereocenters. The minimum absolute atomic E-state index is 0.146. The van der Waals surface area contributed by atoms with Gasteiger partial charge < -0.3 is 15.5 Å². The average molecular weight is 426 g/mol. The van der Waals surface area contributed by atoms with Crippen LogP contribution in [0.15, 0.2) is 42.5 Å². The summed E-state index contributed by atoms with van der Waals surface area (Å²) in [5.41, 5.74) is 1.59. The second-order valence-electron chi connectivity index (χ2n) is 6.90. The Labute approximate surface area is 170 Å². The molecule has 2 aromatic carbocycles. The number of likely N-dealkylation sites (N-methyl/N-ethyl adjacent to an activating group) is 1. The molecule has 2 atom stereocenters. The van der Waals surface area contributed by atoms with Crippen LogP contribution < -0.4 is 15.5 Å². The Morgan fingerprint density at radius 3 is 2.52 bits per heavy atom. The van der Waals surface area contributed by atoms with E-state index in [0.29, 0.717) is 16.3 Å². The molecule has 0 aliphatic carbocycles. The van der Waals surface area contributed by atoms with Gasteiger partial charge in [-0.15, -0.1) is 0 Å². The van der Waals surface area contributed by atoms with Gasteiger partial charge in [0.05, 0.1) is 23.8 Å². The second-order valence-corrected chi connectivity index (χ2v) is 7.34. The molecule has 3 rings (SSSR count). The van der Waals surface area contributed by atoms with E-state index in [-0.39, 0.29) is 17.5 Å². The summed E-state index contributed by atoms with van der Waals surface area (Å²) in [5, 5.41) is 5.53. The summed E-state index contributed by atoms with van der Waals surface area (Å²) in [6.45, 7) is 1.74. The van der Waals surface area contributed by atoms with Gasteiger partial charge in [0, 0.05) is 17.6 Å². The van der Waals surface area contributed by atoms with E-state index in [0.717, 1.165) is 5.69 Å². The van der Waals surface area contributed by atoms with Gasteiger partial charge in [-0.1, -0.05) is 23.7 Å². The van der Waals surface area contributed by atoms with Crippen molar-refractivity contribution in [3.8, 4) is 0 Å². The molecule has 0 saturated heterocycles. The number of carbonyl (C=O) groups is 2. The van der Waals surface area contributed by atoms with Crippen LogP contribution in [-0.2, 0) is 4.79 Å². The van der Waals surface area contributed by atoms with Crippen molar-refractivity contribution < 1.29 is 22.8 Å². The van der Waals surface area contributed by atoms with Gasteiger partial charge >= 0.3 is 6.18 Å². The Hall–Kier alpha value is -2.74. The number of hydrogen-bond acceptors (Lipinski definition) is 3. The number of anilines is 2. The van der Waals surface area contributed by atoms with Gasteiger partial charge in [-0.3, -0.25) is 9.59 Å². The maximum Gasteiger partial charge on any atom is 0.391 e. The van der Waals surface area contributed by atoms with E-state index in [1.807, 2.05) is 0 Å². The summed E-state index contributed by atoms with van der Waals surface area (Å²) in [5.74, 6) is -0.902. The summed E-state index contributed by atoms with van der Waals surface area (Å²) in [6, 6.07) is 8.82. The highest BCUT2D eigenvalue weighted by atomic mass is 35.5. The molecule has 0 aromatic heterocycles. The number of rotatable bonds is 4. The SMILES string of the molecule is C[C@H]1C(=O)Nc2cc(C(=O)N[C@@H](CC(F)(F)F)c3ccc(Cl)cc3)ccc2N1C. The van der Waals surface area contributed by atoms with E-state index >= 15 is 0 Å². The Kier molecular flexibility index (Phi) is 5.75. The lowest BCUT2D eigenvalue weighted by atomic mass is 10.0. The number of hydrogen-bond donors (Lipinski definition) is 2. The van der Waals surface area contributed by atoms with E-state index < -0.39 is 24.5 Å². The maximum atomic E-state index is 13.0. The number of halogens is 4. The van der Waals surface area contributed by atoms with Crippen LogP contribution >= 0.6 is 11.6 Å². The van der Waals surface area contributed by atoms with Crippen LogP contribution in [0.3, 0.4) is 0 Å². The number of nitrogens with one attached hydrogen (secondary N) is 2. The average Bonchev–Trinajstić information content (AvgIpc) is 2.64. The topological polar surface area (TPSA) is 61.4 Å². The second kappa shape index (κ2) is 7.94. The lowest BCUT2D eigenvalue weighted by Crippen LogP contribution is -2.44. The first-order valence-electron chi connectivity index (χ1n) is 8.86.